The highest BCUT2D eigenvalue weighted by Crippen LogP contribution is 2.20. The average Bonchev–Trinajstić information content (AvgIpc) is 2.15. The number of nitrogens with zero attached hydrogens (tertiary/aromatic N) is 1. The Morgan fingerprint density at radius 3 is 2.67 bits per heavy atom. The molecule has 5 nitrogen and oxygen atoms in total. The van der Waals surface area contributed by atoms with Crippen LogP contribution in [0.3, 0.4) is 0 Å². The lowest BCUT2D eigenvalue weighted by molar-refractivity contribution is -0.384. The Kier molecular flexibility index (Phi) is 5.66. The molecule has 0 fully saturated rings. The molecule has 0 saturated carbocycles. The van der Waals surface area contributed by atoms with E-state index in [-0.39, 0.29) is 18.1 Å². The SMILES string of the molecule is Cc1cc([N+](=O)[O-])ccc1NCCN.Cl. The van der Waals surface area contributed by atoms with Crippen LogP contribution in [0, 0.1) is 17.0 Å². The Labute approximate surface area is 94.2 Å². The van der Waals surface area contributed by atoms with Gasteiger partial charge in [0.05, 0.1) is 4.92 Å². The second-order valence-electron chi connectivity index (χ2n) is 2.97. The minimum absolute atomic E-state index is 0. The van der Waals surface area contributed by atoms with Gasteiger partial charge in [-0.3, -0.25) is 10.1 Å². The maximum atomic E-state index is 10.4. The summed E-state index contributed by atoms with van der Waals surface area (Å²) < 4.78 is 0. The predicted octanol–water partition coefficient (Wildman–Crippen LogP) is 1.70. The lowest BCUT2D eigenvalue weighted by Gasteiger charge is -2.07. The number of anilines is 1. The van der Waals surface area contributed by atoms with Crippen molar-refractivity contribution in [1.82, 2.24) is 0 Å². The largest absolute Gasteiger partial charge is 0.384 e. The molecule has 0 spiro atoms. The zero-order valence-corrected chi connectivity index (χ0v) is 9.21. The number of hydrogen-bond acceptors (Lipinski definition) is 4. The number of nitrogens with one attached hydrogen (secondary N) is 1. The zero-order valence-electron chi connectivity index (χ0n) is 8.40. The van der Waals surface area contributed by atoms with Crippen LogP contribution in [0.1, 0.15) is 5.56 Å². The number of rotatable bonds is 4. The third-order valence-corrected chi connectivity index (χ3v) is 1.88. The van der Waals surface area contributed by atoms with Crippen LogP contribution in [-0.2, 0) is 0 Å². The summed E-state index contributed by atoms with van der Waals surface area (Å²) in [6, 6.07) is 4.72. The van der Waals surface area contributed by atoms with E-state index in [1.165, 1.54) is 6.07 Å². The summed E-state index contributed by atoms with van der Waals surface area (Å²) in [5.41, 5.74) is 7.19. The van der Waals surface area contributed by atoms with Crippen LogP contribution in [0.15, 0.2) is 18.2 Å². The average molecular weight is 232 g/mol. The van der Waals surface area contributed by atoms with Crippen LogP contribution in [0.5, 0.6) is 0 Å². The van der Waals surface area contributed by atoms with Gasteiger partial charge in [0.25, 0.3) is 5.69 Å². The van der Waals surface area contributed by atoms with E-state index in [1.54, 1.807) is 12.1 Å². The fourth-order valence-electron chi connectivity index (χ4n) is 1.17. The molecule has 15 heavy (non-hydrogen) atoms. The Morgan fingerprint density at radius 2 is 2.20 bits per heavy atom. The molecule has 3 N–H and O–H groups in total. The van der Waals surface area contributed by atoms with Crippen molar-refractivity contribution < 1.29 is 4.92 Å². The monoisotopic (exact) mass is 231 g/mol. The third kappa shape index (κ3) is 3.73. The van der Waals surface area contributed by atoms with Gasteiger partial charge in [-0.05, 0) is 18.6 Å². The van der Waals surface area contributed by atoms with Crippen molar-refractivity contribution in [3.05, 3.63) is 33.9 Å². The van der Waals surface area contributed by atoms with Crippen molar-refractivity contribution in [2.45, 2.75) is 6.92 Å². The Hall–Kier alpha value is -1.33. The Morgan fingerprint density at radius 1 is 1.53 bits per heavy atom. The van der Waals surface area contributed by atoms with Crippen molar-refractivity contribution in [1.29, 1.82) is 0 Å². The lowest BCUT2D eigenvalue weighted by Crippen LogP contribution is -2.13. The van der Waals surface area contributed by atoms with Crippen LogP contribution in [0.25, 0.3) is 0 Å². The molecular weight excluding hydrogens is 218 g/mol. The summed E-state index contributed by atoms with van der Waals surface area (Å²) in [6.07, 6.45) is 0. The zero-order chi connectivity index (χ0) is 10.6. The molecule has 0 aliphatic rings. The molecule has 0 unspecified atom stereocenters. The smallest absolute Gasteiger partial charge is 0.269 e. The van der Waals surface area contributed by atoms with E-state index in [1.807, 2.05) is 6.92 Å². The summed E-state index contributed by atoms with van der Waals surface area (Å²) in [6.45, 7) is 3.03. The molecule has 0 aliphatic carbocycles. The maximum absolute atomic E-state index is 10.4. The van der Waals surface area contributed by atoms with Crippen LogP contribution >= 0.6 is 12.4 Å². The molecule has 1 rings (SSSR count). The molecule has 0 saturated heterocycles. The highest BCUT2D eigenvalue weighted by Gasteiger charge is 2.06. The van der Waals surface area contributed by atoms with Gasteiger partial charge in [0.15, 0.2) is 0 Å². The van der Waals surface area contributed by atoms with E-state index in [9.17, 15) is 10.1 Å². The highest BCUT2D eigenvalue weighted by atomic mass is 35.5. The number of nitrogens with two attached hydrogens (primary N) is 1. The van der Waals surface area contributed by atoms with Crippen molar-refractivity contribution in [3.63, 3.8) is 0 Å². The number of non-ortho nitro benzene ring substituents is 1. The van der Waals surface area contributed by atoms with Crippen molar-refractivity contribution in [2.24, 2.45) is 5.73 Å². The first kappa shape index (κ1) is 13.7. The molecule has 0 atom stereocenters. The molecular formula is C9H14ClN3O2. The van der Waals surface area contributed by atoms with Gasteiger partial charge >= 0.3 is 0 Å². The van der Waals surface area contributed by atoms with Crippen LogP contribution in [0.4, 0.5) is 11.4 Å². The van der Waals surface area contributed by atoms with Crippen LogP contribution in [0.2, 0.25) is 0 Å². The minimum Gasteiger partial charge on any atom is -0.384 e. The molecule has 1 aromatic rings. The van der Waals surface area contributed by atoms with E-state index in [0.29, 0.717) is 13.1 Å². The van der Waals surface area contributed by atoms with Crippen molar-refractivity contribution in [2.75, 3.05) is 18.4 Å². The van der Waals surface area contributed by atoms with Gasteiger partial charge in [0.1, 0.15) is 0 Å². The normalized spacial score (nSPS) is 9.20. The van der Waals surface area contributed by atoms with Gasteiger partial charge in [-0.25, -0.2) is 0 Å². The number of nitro benzene ring substituents is 1. The van der Waals surface area contributed by atoms with E-state index in [0.717, 1.165) is 11.3 Å². The first-order valence-corrected chi connectivity index (χ1v) is 4.34. The van der Waals surface area contributed by atoms with E-state index < -0.39 is 4.92 Å². The number of aryl methyl sites for hydroxylation is 1. The summed E-state index contributed by atoms with van der Waals surface area (Å²) in [5, 5.41) is 13.5. The number of halogens is 1. The molecule has 6 heteroatoms. The van der Waals surface area contributed by atoms with Gasteiger partial charge in [-0.2, -0.15) is 0 Å². The summed E-state index contributed by atoms with van der Waals surface area (Å²) in [5.74, 6) is 0. The van der Waals surface area contributed by atoms with Crippen LogP contribution in [-0.4, -0.2) is 18.0 Å². The summed E-state index contributed by atoms with van der Waals surface area (Å²) in [4.78, 5) is 10.0. The molecule has 0 radical (unpaired) electrons. The number of hydrogen-bond donors (Lipinski definition) is 2. The predicted molar refractivity (Wildman–Crippen MR) is 62.6 cm³/mol. The Bertz CT molecular complexity index is 344. The molecule has 1 aromatic carbocycles. The molecule has 0 aliphatic heterocycles. The second kappa shape index (κ2) is 6.21. The highest BCUT2D eigenvalue weighted by molar-refractivity contribution is 5.85. The van der Waals surface area contributed by atoms with E-state index >= 15 is 0 Å². The van der Waals surface area contributed by atoms with E-state index in [4.69, 9.17) is 5.73 Å². The first-order chi connectivity index (χ1) is 6.65. The fourth-order valence-corrected chi connectivity index (χ4v) is 1.17. The molecule has 0 aromatic heterocycles. The second-order valence-corrected chi connectivity index (χ2v) is 2.97. The van der Waals surface area contributed by atoms with Gasteiger partial charge in [0, 0.05) is 30.9 Å². The Balaban J connectivity index is 0.00000196. The standard InChI is InChI=1S/C9H13N3O2.ClH/c1-7-6-8(12(13)14)2-3-9(7)11-5-4-10;/h2-3,6,11H,4-5,10H2,1H3;1H. The summed E-state index contributed by atoms with van der Waals surface area (Å²) in [7, 11) is 0. The molecule has 84 valence electrons. The summed E-state index contributed by atoms with van der Waals surface area (Å²) >= 11 is 0. The van der Waals surface area contributed by atoms with Crippen LogP contribution < -0.4 is 11.1 Å². The molecule has 0 amide bonds. The van der Waals surface area contributed by atoms with Gasteiger partial charge in [0.2, 0.25) is 0 Å². The first-order valence-electron chi connectivity index (χ1n) is 4.34. The third-order valence-electron chi connectivity index (χ3n) is 1.88. The topological polar surface area (TPSA) is 81.2 Å². The van der Waals surface area contributed by atoms with Crippen molar-refractivity contribution in [3.8, 4) is 0 Å². The van der Waals surface area contributed by atoms with Crippen molar-refractivity contribution >= 4 is 23.8 Å². The maximum Gasteiger partial charge on any atom is 0.269 e. The van der Waals surface area contributed by atoms with Gasteiger partial charge in [-0.1, -0.05) is 0 Å². The molecule has 0 heterocycles. The quantitative estimate of drug-likeness (QED) is 0.610. The van der Waals surface area contributed by atoms with Gasteiger partial charge < -0.3 is 11.1 Å². The number of nitro groups is 1. The fraction of sp³-hybridized carbons (Fsp3) is 0.333. The molecule has 0 bridgehead atoms. The number of benzene rings is 1. The van der Waals surface area contributed by atoms with E-state index in [2.05, 4.69) is 5.32 Å². The lowest BCUT2D eigenvalue weighted by atomic mass is 10.2. The minimum atomic E-state index is -0.403. The van der Waals surface area contributed by atoms with Gasteiger partial charge in [-0.15, -0.1) is 12.4 Å².